The van der Waals surface area contributed by atoms with E-state index >= 15 is 0 Å². The molecule has 0 fully saturated rings. The third kappa shape index (κ3) is 5.75. The number of hydrogen-bond acceptors (Lipinski definition) is 8. The fourth-order valence-electron chi connectivity index (χ4n) is 5.12. The van der Waals surface area contributed by atoms with Crippen LogP contribution in [0.25, 0.3) is 22.3 Å². The van der Waals surface area contributed by atoms with Crippen LogP contribution < -0.4 is 0 Å². The third-order valence-corrected chi connectivity index (χ3v) is 9.13. The van der Waals surface area contributed by atoms with Crippen molar-refractivity contribution in [2.75, 3.05) is 31.6 Å². The van der Waals surface area contributed by atoms with Gasteiger partial charge >= 0.3 is 5.97 Å². The van der Waals surface area contributed by atoms with Crippen LogP contribution in [0.5, 0.6) is 0 Å². The molecular weight excluding hydrogens is 536 g/mol. The van der Waals surface area contributed by atoms with E-state index in [1.54, 1.807) is 23.9 Å². The first-order valence-corrected chi connectivity index (χ1v) is 15.8. The number of rotatable bonds is 8. The van der Waals surface area contributed by atoms with Gasteiger partial charge in [-0.1, -0.05) is 29.1 Å². The second-order valence-corrected chi connectivity index (χ2v) is 13.4. The van der Waals surface area contributed by atoms with Crippen LogP contribution in [-0.2, 0) is 21.1 Å². The van der Waals surface area contributed by atoms with Crippen molar-refractivity contribution in [3.05, 3.63) is 59.4 Å². The minimum Gasteiger partial charge on any atom is -0.481 e. The summed E-state index contributed by atoms with van der Waals surface area (Å²) < 4.78 is 31.4. The highest BCUT2D eigenvalue weighted by atomic mass is 32.2. The number of thioether (sulfide) groups is 1. The molecule has 0 radical (unpaired) electrons. The summed E-state index contributed by atoms with van der Waals surface area (Å²) in [7, 11) is -3.32. The normalized spacial score (nSPS) is 16.5. The van der Waals surface area contributed by atoms with Crippen molar-refractivity contribution in [1.29, 1.82) is 0 Å². The summed E-state index contributed by atoms with van der Waals surface area (Å²) in [6.07, 6.45) is 1.94. The van der Waals surface area contributed by atoms with Gasteiger partial charge in [-0.05, 0) is 62.6 Å². The molecule has 3 heterocycles. The van der Waals surface area contributed by atoms with Gasteiger partial charge in [-0.15, -0.1) is 0 Å². The zero-order valence-corrected chi connectivity index (χ0v) is 24.1. The minimum absolute atomic E-state index is 0.147. The van der Waals surface area contributed by atoms with Gasteiger partial charge in [-0.25, -0.2) is 13.4 Å². The Bertz CT molecular complexity index is 1640. The Labute approximate surface area is 232 Å². The highest BCUT2D eigenvalue weighted by Crippen LogP contribution is 2.32. The molecule has 2 aromatic heterocycles. The molecule has 39 heavy (non-hydrogen) atoms. The molecule has 4 aromatic rings. The lowest BCUT2D eigenvalue weighted by Crippen LogP contribution is -2.33. The van der Waals surface area contributed by atoms with Gasteiger partial charge in [-0.3, -0.25) is 4.79 Å². The average Bonchev–Trinajstić information content (AvgIpc) is 3.41. The Kier molecular flexibility index (Phi) is 7.58. The van der Waals surface area contributed by atoms with Crippen LogP contribution >= 0.6 is 11.8 Å². The number of aryl methyl sites for hydroxylation is 1. The molecule has 0 bridgehead atoms. The number of carboxylic acids is 1. The topological polar surface area (TPSA) is 119 Å². The number of sulfone groups is 1. The van der Waals surface area contributed by atoms with Crippen molar-refractivity contribution in [1.82, 2.24) is 19.6 Å². The van der Waals surface area contributed by atoms with E-state index in [1.807, 2.05) is 37.3 Å². The molecule has 0 spiro atoms. The second kappa shape index (κ2) is 10.8. The second-order valence-electron chi connectivity index (χ2n) is 10.3. The lowest BCUT2D eigenvalue weighted by molar-refractivity contribution is -0.139. The number of benzene rings is 2. The van der Waals surface area contributed by atoms with Gasteiger partial charge in [0.2, 0.25) is 0 Å². The van der Waals surface area contributed by atoms with Crippen molar-refractivity contribution in [2.24, 2.45) is 0 Å². The number of aliphatic carboxylic acids is 1. The summed E-state index contributed by atoms with van der Waals surface area (Å²) >= 11 is 1.61. The quantitative estimate of drug-likeness (QED) is 0.299. The molecule has 11 heteroatoms. The van der Waals surface area contributed by atoms with E-state index in [1.165, 1.54) is 6.26 Å². The number of nitrogens with zero attached hydrogens (tertiary/aromatic N) is 4. The van der Waals surface area contributed by atoms with Crippen LogP contribution in [0.2, 0.25) is 0 Å². The van der Waals surface area contributed by atoms with E-state index in [-0.39, 0.29) is 10.9 Å². The highest BCUT2D eigenvalue weighted by molar-refractivity contribution is 7.99. The molecule has 0 aliphatic carbocycles. The zero-order valence-electron chi connectivity index (χ0n) is 22.4. The van der Waals surface area contributed by atoms with Crippen LogP contribution in [0.3, 0.4) is 0 Å². The third-order valence-electron chi connectivity index (χ3n) is 7.09. The van der Waals surface area contributed by atoms with Gasteiger partial charge < -0.3 is 19.1 Å². The van der Waals surface area contributed by atoms with E-state index in [4.69, 9.17) is 9.51 Å². The predicted molar refractivity (Wildman–Crippen MR) is 151 cm³/mol. The summed E-state index contributed by atoms with van der Waals surface area (Å²) in [5, 5.41) is 15.0. The summed E-state index contributed by atoms with van der Waals surface area (Å²) in [6, 6.07) is 13.0. The maximum absolute atomic E-state index is 12.3. The van der Waals surface area contributed by atoms with E-state index in [0.29, 0.717) is 18.6 Å². The molecule has 1 aliphatic heterocycles. The van der Waals surface area contributed by atoms with Crippen LogP contribution in [0.4, 0.5) is 0 Å². The standard InChI is InChI=1S/C28H32N4O5S2/c1-17(2)32-26-8-6-21(39(4,35)36)15-25(26)29-28(32)38-12-11-31-10-9-19-14-20(24-13-18(3)37-30-24)5-7-22(19)23(16-31)27(33)34/h5-8,13-15,17,23H,9-12,16H2,1-4H3,(H,33,34). The number of hydrogen-bond donors (Lipinski definition) is 1. The molecule has 0 amide bonds. The fourth-order valence-corrected chi connectivity index (χ4v) is 6.90. The molecule has 1 atom stereocenters. The molecule has 1 aliphatic rings. The van der Waals surface area contributed by atoms with Crippen LogP contribution in [0.15, 0.2) is 57.0 Å². The van der Waals surface area contributed by atoms with Gasteiger partial charge in [0.15, 0.2) is 15.0 Å². The van der Waals surface area contributed by atoms with Crippen molar-refractivity contribution in [3.63, 3.8) is 0 Å². The van der Waals surface area contributed by atoms with Crippen LogP contribution in [-0.4, -0.2) is 70.7 Å². The van der Waals surface area contributed by atoms with Gasteiger partial charge in [0.05, 0.1) is 21.8 Å². The first-order valence-electron chi connectivity index (χ1n) is 12.9. The molecule has 5 rings (SSSR count). The minimum atomic E-state index is -3.32. The van der Waals surface area contributed by atoms with Gasteiger partial charge in [0.1, 0.15) is 11.5 Å². The van der Waals surface area contributed by atoms with Crippen molar-refractivity contribution in [3.8, 4) is 11.3 Å². The molecule has 0 saturated carbocycles. The number of carbonyl (C=O) groups is 1. The predicted octanol–water partition coefficient (Wildman–Crippen LogP) is 4.80. The van der Waals surface area contributed by atoms with E-state index < -0.39 is 21.7 Å². The van der Waals surface area contributed by atoms with Gasteiger partial charge in [-0.2, -0.15) is 0 Å². The largest absolute Gasteiger partial charge is 0.481 e. The maximum atomic E-state index is 12.3. The Balaban J connectivity index is 1.32. The molecule has 206 valence electrons. The van der Waals surface area contributed by atoms with Crippen LogP contribution in [0.1, 0.15) is 42.7 Å². The van der Waals surface area contributed by atoms with E-state index in [0.717, 1.165) is 57.5 Å². The van der Waals surface area contributed by atoms with E-state index in [2.05, 4.69) is 28.5 Å². The Morgan fingerprint density at radius 1 is 1.21 bits per heavy atom. The van der Waals surface area contributed by atoms with Gasteiger partial charge in [0.25, 0.3) is 0 Å². The molecule has 0 saturated heterocycles. The molecule has 1 unspecified atom stereocenters. The first kappa shape index (κ1) is 27.4. The summed E-state index contributed by atoms with van der Waals surface area (Å²) in [5.74, 6) is 0.00873. The molecule has 9 nitrogen and oxygen atoms in total. The van der Waals surface area contributed by atoms with Crippen molar-refractivity contribution < 1.29 is 22.8 Å². The zero-order chi connectivity index (χ0) is 27.9. The van der Waals surface area contributed by atoms with Crippen LogP contribution in [0, 0.1) is 6.92 Å². The lowest BCUT2D eigenvalue weighted by Gasteiger charge is -2.22. The van der Waals surface area contributed by atoms with Crippen molar-refractivity contribution in [2.45, 2.75) is 49.2 Å². The highest BCUT2D eigenvalue weighted by Gasteiger charge is 2.29. The smallest absolute Gasteiger partial charge is 0.312 e. The Morgan fingerprint density at radius 2 is 2.00 bits per heavy atom. The number of imidazole rings is 1. The fraction of sp³-hybridized carbons (Fsp3) is 0.393. The monoisotopic (exact) mass is 568 g/mol. The molecule has 2 aromatic carbocycles. The Hall–Kier alpha value is -3.15. The van der Waals surface area contributed by atoms with Gasteiger partial charge in [0, 0.05) is 49.3 Å². The van der Waals surface area contributed by atoms with Crippen molar-refractivity contribution >= 4 is 38.6 Å². The lowest BCUT2D eigenvalue weighted by atomic mass is 9.92. The Morgan fingerprint density at radius 3 is 2.67 bits per heavy atom. The summed E-state index contributed by atoms with van der Waals surface area (Å²) in [4.78, 5) is 19.5. The maximum Gasteiger partial charge on any atom is 0.312 e. The number of carboxylic acid groups (broad SMARTS) is 1. The SMILES string of the molecule is Cc1cc(-c2ccc3c(c2)CCN(CCSc2nc4cc(S(C)(=O)=O)ccc4n2C(C)C)CC3C(=O)O)no1. The van der Waals surface area contributed by atoms with E-state index in [9.17, 15) is 18.3 Å². The first-order chi connectivity index (χ1) is 18.5. The molecular formula is C28H32N4O5S2. The molecule has 1 N–H and O–H groups in total. The average molecular weight is 569 g/mol. The number of aromatic nitrogens is 3. The summed E-state index contributed by atoms with van der Waals surface area (Å²) in [6.45, 7) is 7.88. The number of fused-ring (bicyclic) bond motifs is 2. The summed E-state index contributed by atoms with van der Waals surface area (Å²) in [5.41, 5.74) is 5.10.